The number of thiazole rings is 1. The molecule has 0 unspecified atom stereocenters. The van der Waals surface area contributed by atoms with Gasteiger partial charge in [0.05, 0.1) is 6.42 Å². The smallest absolute Gasteiger partial charge is 0.227 e. The van der Waals surface area contributed by atoms with Crippen LogP contribution in [0.2, 0.25) is 0 Å². The summed E-state index contributed by atoms with van der Waals surface area (Å²) in [5.74, 6) is 1.66. The minimum Gasteiger partial charge on any atom is -0.486 e. The number of ether oxygens (including phenoxy) is 2. The third kappa shape index (κ3) is 3.62. The number of hydrogen-bond acceptors (Lipinski definition) is 6. The van der Waals surface area contributed by atoms with Crippen molar-refractivity contribution < 1.29 is 14.3 Å². The molecule has 7 heteroatoms. The molecule has 1 amide bonds. The second kappa shape index (κ2) is 7.53. The Morgan fingerprint density at radius 3 is 2.65 bits per heavy atom. The maximum absolute atomic E-state index is 12.7. The first kappa shape index (κ1) is 17.1. The molecule has 138 valence electrons. The minimum absolute atomic E-state index is 0.162. The standard InChI is InChI=1S/C19H23N3O3S/c1-2-15-13-20-19(26-15)22-7-5-21(6-8-22)18(23)12-14-3-4-16-17(11-14)25-10-9-24-16/h3-4,11,13H,2,5-10,12H2,1H3. The summed E-state index contributed by atoms with van der Waals surface area (Å²) in [5, 5.41) is 1.07. The summed E-state index contributed by atoms with van der Waals surface area (Å²) in [4.78, 5) is 22.7. The first-order valence-electron chi connectivity index (χ1n) is 9.09. The zero-order valence-corrected chi connectivity index (χ0v) is 15.8. The average Bonchev–Trinajstić information content (AvgIpc) is 3.17. The number of fused-ring (bicyclic) bond motifs is 1. The molecule has 0 spiro atoms. The summed E-state index contributed by atoms with van der Waals surface area (Å²) < 4.78 is 11.1. The van der Waals surface area contributed by atoms with Gasteiger partial charge in [0.25, 0.3) is 0 Å². The topological polar surface area (TPSA) is 54.9 Å². The Hall–Kier alpha value is -2.28. The lowest BCUT2D eigenvalue weighted by Gasteiger charge is -2.34. The van der Waals surface area contributed by atoms with Gasteiger partial charge in [-0.25, -0.2) is 4.98 Å². The van der Waals surface area contributed by atoms with Crippen LogP contribution in [0.3, 0.4) is 0 Å². The number of nitrogens with zero attached hydrogens (tertiary/aromatic N) is 3. The first-order valence-corrected chi connectivity index (χ1v) is 9.90. The lowest BCUT2D eigenvalue weighted by Crippen LogP contribution is -2.49. The zero-order chi connectivity index (χ0) is 17.9. The van der Waals surface area contributed by atoms with Crippen LogP contribution in [-0.2, 0) is 17.6 Å². The zero-order valence-electron chi connectivity index (χ0n) is 14.9. The molecular weight excluding hydrogens is 350 g/mol. The van der Waals surface area contributed by atoms with Gasteiger partial charge in [-0.1, -0.05) is 13.0 Å². The summed E-state index contributed by atoms with van der Waals surface area (Å²) in [6.45, 7) is 6.44. The minimum atomic E-state index is 0.162. The number of piperazine rings is 1. The number of amides is 1. The van der Waals surface area contributed by atoms with Crippen molar-refractivity contribution in [1.82, 2.24) is 9.88 Å². The number of carbonyl (C=O) groups excluding carboxylic acids is 1. The van der Waals surface area contributed by atoms with Crippen molar-refractivity contribution in [2.75, 3.05) is 44.3 Å². The molecule has 2 aliphatic heterocycles. The van der Waals surface area contributed by atoms with Crippen LogP contribution in [0.15, 0.2) is 24.4 Å². The van der Waals surface area contributed by atoms with Gasteiger partial charge in [-0.15, -0.1) is 11.3 Å². The van der Waals surface area contributed by atoms with E-state index in [1.165, 1.54) is 4.88 Å². The highest BCUT2D eigenvalue weighted by atomic mass is 32.1. The molecule has 26 heavy (non-hydrogen) atoms. The van der Waals surface area contributed by atoms with Gasteiger partial charge in [-0.2, -0.15) is 0 Å². The molecule has 4 rings (SSSR count). The second-order valence-electron chi connectivity index (χ2n) is 6.49. The third-order valence-corrected chi connectivity index (χ3v) is 5.96. The molecule has 0 N–H and O–H groups in total. The Kier molecular flexibility index (Phi) is 4.97. The molecule has 0 atom stereocenters. The van der Waals surface area contributed by atoms with E-state index >= 15 is 0 Å². The molecule has 1 aromatic heterocycles. The predicted molar refractivity (Wildman–Crippen MR) is 101 cm³/mol. The largest absolute Gasteiger partial charge is 0.486 e. The fraction of sp³-hybridized carbons (Fsp3) is 0.474. The SMILES string of the molecule is CCc1cnc(N2CCN(C(=O)Cc3ccc4c(c3)OCCO4)CC2)s1. The summed E-state index contributed by atoms with van der Waals surface area (Å²) in [5.41, 5.74) is 0.967. The van der Waals surface area contributed by atoms with Crippen molar-refractivity contribution in [3.8, 4) is 11.5 Å². The fourth-order valence-electron chi connectivity index (χ4n) is 3.24. The van der Waals surface area contributed by atoms with Crippen molar-refractivity contribution >= 4 is 22.4 Å². The number of carbonyl (C=O) groups is 1. The van der Waals surface area contributed by atoms with Gasteiger partial charge in [0.1, 0.15) is 13.2 Å². The van der Waals surface area contributed by atoms with Gasteiger partial charge < -0.3 is 19.3 Å². The van der Waals surface area contributed by atoms with E-state index in [0.29, 0.717) is 19.6 Å². The van der Waals surface area contributed by atoms with E-state index in [9.17, 15) is 4.79 Å². The Bertz CT molecular complexity index is 784. The number of benzene rings is 1. The van der Waals surface area contributed by atoms with Crippen molar-refractivity contribution in [3.63, 3.8) is 0 Å². The van der Waals surface area contributed by atoms with E-state index in [-0.39, 0.29) is 5.91 Å². The number of anilines is 1. The molecule has 1 aromatic carbocycles. The van der Waals surface area contributed by atoms with Crippen LogP contribution < -0.4 is 14.4 Å². The maximum atomic E-state index is 12.7. The average molecular weight is 373 g/mol. The normalized spacial score (nSPS) is 16.7. The highest BCUT2D eigenvalue weighted by Gasteiger charge is 2.23. The maximum Gasteiger partial charge on any atom is 0.227 e. The quantitative estimate of drug-likeness (QED) is 0.824. The molecule has 0 saturated carbocycles. The van der Waals surface area contributed by atoms with Gasteiger partial charge in [-0.3, -0.25) is 4.79 Å². The predicted octanol–water partition coefficient (Wildman–Crippen LogP) is 2.37. The highest BCUT2D eigenvalue weighted by molar-refractivity contribution is 7.15. The van der Waals surface area contributed by atoms with Crippen LogP contribution in [0.1, 0.15) is 17.4 Å². The van der Waals surface area contributed by atoms with Gasteiger partial charge in [0.15, 0.2) is 16.6 Å². The molecule has 2 aliphatic rings. The van der Waals surface area contributed by atoms with E-state index in [4.69, 9.17) is 9.47 Å². The van der Waals surface area contributed by atoms with E-state index in [1.54, 1.807) is 11.3 Å². The van der Waals surface area contributed by atoms with Gasteiger partial charge in [0.2, 0.25) is 5.91 Å². The monoisotopic (exact) mass is 373 g/mol. The Balaban J connectivity index is 1.33. The number of rotatable bonds is 4. The van der Waals surface area contributed by atoms with Crippen LogP contribution in [0.25, 0.3) is 0 Å². The van der Waals surface area contributed by atoms with Crippen LogP contribution in [0.4, 0.5) is 5.13 Å². The van der Waals surface area contributed by atoms with Crippen LogP contribution in [-0.4, -0.2) is 55.2 Å². The number of aromatic nitrogens is 1. The van der Waals surface area contributed by atoms with Crippen molar-refractivity contribution in [3.05, 3.63) is 34.8 Å². The van der Waals surface area contributed by atoms with Crippen molar-refractivity contribution in [1.29, 1.82) is 0 Å². The third-order valence-electron chi connectivity index (χ3n) is 4.75. The molecule has 0 bridgehead atoms. The van der Waals surface area contributed by atoms with Crippen LogP contribution >= 0.6 is 11.3 Å². The van der Waals surface area contributed by atoms with Crippen LogP contribution in [0.5, 0.6) is 11.5 Å². The molecule has 1 saturated heterocycles. The molecule has 3 heterocycles. The van der Waals surface area contributed by atoms with Crippen molar-refractivity contribution in [2.45, 2.75) is 19.8 Å². The van der Waals surface area contributed by atoms with Gasteiger partial charge in [0, 0.05) is 37.3 Å². The van der Waals surface area contributed by atoms with E-state index < -0.39 is 0 Å². The fourth-order valence-corrected chi connectivity index (χ4v) is 4.14. The second-order valence-corrected chi connectivity index (χ2v) is 7.58. The summed E-state index contributed by atoms with van der Waals surface area (Å²) >= 11 is 1.75. The Morgan fingerprint density at radius 2 is 1.92 bits per heavy atom. The van der Waals surface area contributed by atoms with Gasteiger partial charge >= 0.3 is 0 Å². The van der Waals surface area contributed by atoms with Crippen LogP contribution in [0, 0.1) is 0 Å². The first-order chi connectivity index (χ1) is 12.7. The summed E-state index contributed by atoms with van der Waals surface area (Å²) in [6, 6.07) is 5.76. The summed E-state index contributed by atoms with van der Waals surface area (Å²) in [6.07, 6.45) is 3.37. The number of hydrogen-bond donors (Lipinski definition) is 0. The molecule has 6 nitrogen and oxygen atoms in total. The molecule has 0 radical (unpaired) electrons. The molecule has 0 aliphatic carbocycles. The Morgan fingerprint density at radius 1 is 1.15 bits per heavy atom. The molecule has 1 fully saturated rings. The molecule has 2 aromatic rings. The lowest BCUT2D eigenvalue weighted by molar-refractivity contribution is -0.130. The van der Waals surface area contributed by atoms with Crippen molar-refractivity contribution in [2.24, 2.45) is 0 Å². The van der Waals surface area contributed by atoms with E-state index in [0.717, 1.165) is 54.8 Å². The lowest BCUT2D eigenvalue weighted by atomic mass is 10.1. The van der Waals surface area contributed by atoms with E-state index in [1.807, 2.05) is 29.3 Å². The highest BCUT2D eigenvalue weighted by Crippen LogP contribution is 2.31. The Labute approximate surface area is 157 Å². The van der Waals surface area contributed by atoms with E-state index in [2.05, 4.69) is 16.8 Å². The number of aryl methyl sites for hydroxylation is 1. The molecular formula is C19H23N3O3S. The summed E-state index contributed by atoms with van der Waals surface area (Å²) in [7, 11) is 0. The van der Waals surface area contributed by atoms with Gasteiger partial charge in [-0.05, 0) is 24.1 Å².